The number of ether oxygens (including phenoxy) is 2. The highest BCUT2D eigenvalue weighted by molar-refractivity contribution is 6.43. The molecule has 0 N–H and O–H groups in total. The number of carbonyl (C=O) groups is 1. The van der Waals surface area contributed by atoms with Gasteiger partial charge >= 0.3 is 6.01 Å². The zero-order chi connectivity index (χ0) is 14.5. The highest BCUT2D eigenvalue weighted by Crippen LogP contribution is 2.29. The van der Waals surface area contributed by atoms with Gasteiger partial charge in [-0.05, 0) is 12.1 Å². The van der Waals surface area contributed by atoms with E-state index in [4.69, 9.17) is 32.7 Å². The van der Waals surface area contributed by atoms with E-state index in [0.717, 1.165) is 0 Å². The molecular formula is C13H10Cl2N2O3. The van der Waals surface area contributed by atoms with Crippen molar-refractivity contribution in [3.63, 3.8) is 0 Å². The van der Waals surface area contributed by atoms with E-state index in [2.05, 4.69) is 9.97 Å². The van der Waals surface area contributed by atoms with Crippen LogP contribution >= 0.6 is 23.2 Å². The SMILES string of the molecule is COc1cc(C(Cl)Cl)nc(Oc2ccccc2C=O)n1. The lowest BCUT2D eigenvalue weighted by Crippen LogP contribution is -2.00. The second-order valence-electron chi connectivity index (χ2n) is 3.68. The normalized spacial score (nSPS) is 10.4. The van der Waals surface area contributed by atoms with Crippen LogP contribution in [0.2, 0.25) is 0 Å². The number of para-hydroxylation sites is 1. The first-order valence-electron chi connectivity index (χ1n) is 5.57. The fourth-order valence-electron chi connectivity index (χ4n) is 1.45. The molecule has 0 bridgehead atoms. The minimum absolute atomic E-state index is 0.0000463. The van der Waals surface area contributed by atoms with Crippen LogP contribution in [-0.2, 0) is 0 Å². The summed E-state index contributed by atoms with van der Waals surface area (Å²) in [7, 11) is 1.45. The van der Waals surface area contributed by atoms with Crippen molar-refractivity contribution in [2.45, 2.75) is 4.84 Å². The van der Waals surface area contributed by atoms with Gasteiger partial charge < -0.3 is 9.47 Å². The van der Waals surface area contributed by atoms with E-state index in [9.17, 15) is 4.79 Å². The van der Waals surface area contributed by atoms with Gasteiger partial charge in [-0.1, -0.05) is 35.3 Å². The van der Waals surface area contributed by atoms with Crippen LogP contribution in [0.15, 0.2) is 30.3 Å². The van der Waals surface area contributed by atoms with Crippen LogP contribution in [0, 0.1) is 0 Å². The van der Waals surface area contributed by atoms with Gasteiger partial charge in [0.2, 0.25) is 5.88 Å². The van der Waals surface area contributed by atoms with E-state index < -0.39 is 4.84 Å². The molecule has 0 amide bonds. The molecule has 0 atom stereocenters. The molecule has 0 aliphatic carbocycles. The quantitative estimate of drug-likeness (QED) is 0.624. The summed E-state index contributed by atoms with van der Waals surface area (Å²) < 4.78 is 10.5. The van der Waals surface area contributed by atoms with Crippen LogP contribution in [0.1, 0.15) is 20.9 Å². The van der Waals surface area contributed by atoms with Crippen LogP contribution in [0.4, 0.5) is 0 Å². The second kappa shape index (κ2) is 6.54. The van der Waals surface area contributed by atoms with Crippen LogP contribution in [-0.4, -0.2) is 23.4 Å². The lowest BCUT2D eigenvalue weighted by Gasteiger charge is -2.09. The Bertz CT molecular complexity index is 620. The van der Waals surface area contributed by atoms with Gasteiger partial charge in [0.25, 0.3) is 0 Å². The Hall–Kier alpha value is -1.85. The number of benzene rings is 1. The fourth-order valence-corrected chi connectivity index (χ4v) is 1.68. The monoisotopic (exact) mass is 312 g/mol. The summed E-state index contributed by atoms with van der Waals surface area (Å²) in [6.45, 7) is 0. The van der Waals surface area contributed by atoms with E-state index >= 15 is 0 Å². The Kier molecular flexibility index (Phi) is 4.76. The molecule has 2 aromatic rings. The lowest BCUT2D eigenvalue weighted by molar-refractivity contribution is 0.112. The Morgan fingerprint density at radius 3 is 2.65 bits per heavy atom. The lowest BCUT2D eigenvalue weighted by atomic mass is 10.2. The largest absolute Gasteiger partial charge is 0.481 e. The maximum atomic E-state index is 10.9. The van der Waals surface area contributed by atoms with Gasteiger partial charge in [-0.15, -0.1) is 0 Å². The summed E-state index contributed by atoms with van der Waals surface area (Å²) in [6.07, 6.45) is 0.683. The van der Waals surface area contributed by atoms with E-state index in [1.807, 2.05) is 0 Å². The number of nitrogens with zero attached hydrogens (tertiary/aromatic N) is 2. The van der Waals surface area contributed by atoms with Gasteiger partial charge in [0.05, 0.1) is 18.4 Å². The molecule has 1 aromatic carbocycles. The van der Waals surface area contributed by atoms with Crippen molar-refractivity contribution in [1.82, 2.24) is 9.97 Å². The predicted octanol–water partition coefficient (Wildman–Crippen LogP) is 3.57. The van der Waals surface area contributed by atoms with Gasteiger partial charge in [0.1, 0.15) is 10.6 Å². The molecule has 0 unspecified atom stereocenters. The number of aldehydes is 1. The van der Waals surface area contributed by atoms with Gasteiger partial charge in [-0.3, -0.25) is 4.79 Å². The van der Waals surface area contributed by atoms with Crippen molar-refractivity contribution in [2.24, 2.45) is 0 Å². The van der Waals surface area contributed by atoms with Crippen LogP contribution < -0.4 is 9.47 Å². The summed E-state index contributed by atoms with van der Waals surface area (Å²) in [5, 5.41) is 0. The van der Waals surface area contributed by atoms with Crippen molar-refractivity contribution >= 4 is 29.5 Å². The van der Waals surface area contributed by atoms with E-state index in [1.165, 1.54) is 13.2 Å². The average molecular weight is 313 g/mol. The third kappa shape index (κ3) is 3.37. The minimum atomic E-state index is -0.837. The molecule has 20 heavy (non-hydrogen) atoms. The molecule has 0 fully saturated rings. The molecule has 7 heteroatoms. The number of halogens is 2. The van der Waals surface area contributed by atoms with Crippen molar-refractivity contribution in [1.29, 1.82) is 0 Å². The molecule has 1 heterocycles. The fraction of sp³-hybridized carbons (Fsp3) is 0.154. The zero-order valence-electron chi connectivity index (χ0n) is 10.4. The molecule has 0 radical (unpaired) electrons. The minimum Gasteiger partial charge on any atom is -0.481 e. The number of carbonyl (C=O) groups excluding carboxylic acids is 1. The molecule has 0 aliphatic rings. The third-order valence-corrected chi connectivity index (χ3v) is 2.83. The summed E-state index contributed by atoms with van der Waals surface area (Å²) in [5.74, 6) is 0.599. The number of hydrogen-bond acceptors (Lipinski definition) is 5. The summed E-state index contributed by atoms with van der Waals surface area (Å²) >= 11 is 11.5. The smallest absolute Gasteiger partial charge is 0.325 e. The number of hydrogen-bond donors (Lipinski definition) is 0. The number of aromatic nitrogens is 2. The molecule has 5 nitrogen and oxygen atoms in total. The highest BCUT2D eigenvalue weighted by atomic mass is 35.5. The van der Waals surface area contributed by atoms with Crippen LogP contribution in [0.3, 0.4) is 0 Å². The van der Waals surface area contributed by atoms with Gasteiger partial charge in [0.15, 0.2) is 6.29 Å². The maximum absolute atomic E-state index is 10.9. The van der Waals surface area contributed by atoms with Gasteiger partial charge in [0, 0.05) is 6.07 Å². The Labute approximate surface area is 125 Å². The summed E-state index contributed by atoms with van der Waals surface area (Å²) in [5.41, 5.74) is 0.729. The summed E-state index contributed by atoms with van der Waals surface area (Å²) in [4.78, 5) is 18.2. The third-order valence-electron chi connectivity index (χ3n) is 2.38. The zero-order valence-corrected chi connectivity index (χ0v) is 11.9. The first-order valence-corrected chi connectivity index (χ1v) is 6.44. The van der Waals surface area contributed by atoms with E-state index in [-0.39, 0.29) is 11.9 Å². The second-order valence-corrected chi connectivity index (χ2v) is 4.77. The predicted molar refractivity (Wildman–Crippen MR) is 74.9 cm³/mol. The molecule has 0 saturated carbocycles. The van der Waals surface area contributed by atoms with Gasteiger partial charge in [-0.25, -0.2) is 0 Å². The molecule has 2 rings (SSSR count). The molecule has 0 spiro atoms. The van der Waals surface area contributed by atoms with Gasteiger partial charge in [-0.2, -0.15) is 9.97 Å². The topological polar surface area (TPSA) is 61.3 Å². The first kappa shape index (κ1) is 14.6. The Morgan fingerprint density at radius 2 is 2.00 bits per heavy atom. The van der Waals surface area contributed by atoms with Crippen molar-refractivity contribution in [3.8, 4) is 17.6 Å². The average Bonchev–Trinajstić information content (AvgIpc) is 2.47. The molecule has 1 aromatic heterocycles. The highest BCUT2D eigenvalue weighted by Gasteiger charge is 2.13. The summed E-state index contributed by atoms with van der Waals surface area (Å²) in [6, 6.07) is 8.21. The Morgan fingerprint density at radius 1 is 1.25 bits per heavy atom. The van der Waals surface area contributed by atoms with E-state index in [1.54, 1.807) is 24.3 Å². The number of rotatable bonds is 5. The Balaban J connectivity index is 2.37. The maximum Gasteiger partial charge on any atom is 0.325 e. The van der Waals surface area contributed by atoms with Crippen molar-refractivity contribution in [3.05, 3.63) is 41.6 Å². The van der Waals surface area contributed by atoms with E-state index in [0.29, 0.717) is 23.3 Å². The molecule has 0 aliphatic heterocycles. The van der Waals surface area contributed by atoms with Crippen LogP contribution in [0.25, 0.3) is 0 Å². The molecule has 0 saturated heterocycles. The van der Waals surface area contributed by atoms with Crippen molar-refractivity contribution < 1.29 is 14.3 Å². The molecule has 104 valence electrons. The van der Waals surface area contributed by atoms with Crippen LogP contribution in [0.5, 0.6) is 17.6 Å². The first-order chi connectivity index (χ1) is 9.63. The van der Waals surface area contributed by atoms with Crippen molar-refractivity contribution in [2.75, 3.05) is 7.11 Å². The number of alkyl halides is 2. The molecular weight excluding hydrogens is 303 g/mol. The number of methoxy groups -OCH3 is 1. The standard InChI is InChI=1S/C13H10Cl2N2O3/c1-19-11-6-9(12(14)15)16-13(17-11)20-10-5-3-2-4-8(10)7-18/h2-7,12H,1H3.